The van der Waals surface area contributed by atoms with Crippen molar-refractivity contribution in [3.05, 3.63) is 35.4 Å². The van der Waals surface area contributed by atoms with Crippen LogP contribution in [-0.4, -0.2) is 29.3 Å². The van der Waals surface area contributed by atoms with Crippen LogP contribution in [-0.2, 0) is 0 Å². The molecule has 1 aliphatic heterocycles. The van der Waals surface area contributed by atoms with Gasteiger partial charge in [-0.05, 0) is 38.9 Å². The third kappa shape index (κ3) is 1.78. The van der Waals surface area contributed by atoms with Gasteiger partial charge in [-0.25, -0.2) is 0 Å². The van der Waals surface area contributed by atoms with E-state index >= 15 is 0 Å². The summed E-state index contributed by atoms with van der Waals surface area (Å²) in [7, 11) is 2.20. The molecule has 1 fully saturated rings. The molecule has 1 nitrogen and oxygen atoms in total. The molecule has 1 saturated heterocycles. The van der Waals surface area contributed by atoms with Crippen molar-refractivity contribution < 1.29 is 0 Å². The van der Waals surface area contributed by atoms with Crippen molar-refractivity contribution in [2.75, 3.05) is 13.6 Å². The van der Waals surface area contributed by atoms with Gasteiger partial charge in [-0.15, -0.1) is 0 Å². The summed E-state index contributed by atoms with van der Waals surface area (Å²) in [6.45, 7) is 7.86. The van der Waals surface area contributed by atoms with Crippen molar-refractivity contribution >= 4 is 12.6 Å². The summed E-state index contributed by atoms with van der Waals surface area (Å²) in [6, 6.07) is 8.68. The van der Waals surface area contributed by atoms with Gasteiger partial charge in [-0.3, -0.25) is 4.90 Å². The molecular formula is C14H21NS. The topological polar surface area (TPSA) is 3.24 Å². The number of rotatable bonds is 1. The van der Waals surface area contributed by atoms with Gasteiger partial charge in [0.25, 0.3) is 0 Å². The van der Waals surface area contributed by atoms with Gasteiger partial charge >= 0.3 is 0 Å². The molecular weight excluding hydrogens is 214 g/mol. The molecule has 0 N–H and O–H groups in total. The Morgan fingerprint density at radius 2 is 1.94 bits per heavy atom. The van der Waals surface area contributed by atoms with Crippen molar-refractivity contribution in [3.8, 4) is 0 Å². The lowest BCUT2D eigenvalue weighted by Crippen LogP contribution is -2.40. The number of likely N-dealkylation sites (tertiary alicyclic amines) is 1. The Labute approximate surface area is 104 Å². The summed E-state index contributed by atoms with van der Waals surface area (Å²) in [5, 5.41) is 0.401. The van der Waals surface area contributed by atoms with Gasteiger partial charge in [-0.2, -0.15) is 12.6 Å². The van der Waals surface area contributed by atoms with E-state index in [4.69, 9.17) is 12.6 Å². The molecule has 88 valence electrons. The van der Waals surface area contributed by atoms with Crippen molar-refractivity contribution in [3.63, 3.8) is 0 Å². The maximum Gasteiger partial charge on any atom is 0.0277 e. The van der Waals surface area contributed by atoms with E-state index in [1.165, 1.54) is 11.1 Å². The highest BCUT2D eigenvalue weighted by atomic mass is 32.1. The number of thiol groups is 1. The first-order valence-corrected chi connectivity index (χ1v) is 6.41. The Morgan fingerprint density at radius 1 is 1.31 bits per heavy atom. The summed E-state index contributed by atoms with van der Waals surface area (Å²) >= 11 is 4.84. The van der Waals surface area contributed by atoms with Gasteiger partial charge in [0.2, 0.25) is 0 Å². The fraction of sp³-hybridized carbons (Fsp3) is 0.571. The monoisotopic (exact) mass is 235 g/mol. The Balaban J connectivity index is 2.35. The Hall–Kier alpha value is -0.470. The Kier molecular flexibility index (Phi) is 3.06. The molecule has 2 unspecified atom stereocenters. The Morgan fingerprint density at radius 3 is 2.44 bits per heavy atom. The highest BCUT2D eigenvalue weighted by Crippen LogP contribution is 2.41. The summed E-state index contributed by atoms with van der Waals surface area (Å²) < 4.78 is 0. The number of aryl methyl sites for hydroxylation is 1. The van der Waals surface area contributed by atoms with E-state index in [-0.39, 0.29) is 5.54 Å². The predicted octanol–water partition coefficient (Wildman–Crippen LogP) is 3.10. The zero-order valence-electron chi connectivity index (χ0n) is 10.6. The largest absolute Gasteiger partial charge is 0.299 e. The van der Waals surface area contributed by atoms with Crippen molar-refractivity contribution in [2.24, 2.45) is 0 Å². The van der Waals surface area contributed by atoms with Crippen molar-refractivity contribution in [1.29, 1.82) is 0 Å². The van der Waals surface area contributed by atoms with Gasteiger partial charge in [0, 0.05) is 23.3 Å². The SMILES string of the molecule is Cc1ccccc1C1CN(C)C(C)(C)C1S. The highest BCUT2D eigenvalue weighted by Gasteiger charge is 2.44. The highest BCUT2D eigenvalue weighted by molar-refractivity contribution is 7.81. The molecule has 16 heavy (non-hydrogen) atoms. The molecule has 2 rings (SSSR count). The molecule has 2 heteroatoms. The van der Waals surface area contributed by atoms with Crippen LogP contribution in [0.25, 0.3) is 0 Å². The van der Waals surface area contributed by atoms with E-state index in [1.54, 1.807) is 0 Å². The van der Waals surface area contributed by atoms with Crippen LogP contribution in [0.1, 0.15) is 30.9 Å². The number of hydrogen-bond acceptors (Lipinski definition) is 2. The first-order valence-electron chi connectivity index (χ1n) is 5.89. The molecule has 1 aromatic carbocycles. The maximum atomic E-state index is 4.84. The van der Waals surface area contributed by atoms with Crippen LogP contribution < -0.4 is 0 Å². The minimum atomic E-state index is 0.177. The lowest BCUT2D eigenvalue weighted by molar-refractivity contribution is 0.223. The fourth-order valence-electron chi connectivity index (χ4n) is 2.62. The molecule has 0 aromatic heterocycles. The van der Waals surface area contributed by atoms with Crippen molar-refractivity contribution in [1.82, 2.24) is 4.90 Å². The van der Waals surface area contributed by atoms with Crippen LogP contribution in [0.4, 0.5) is 0 Å². The lowest BCUT2D eigenvalue weighted by Gasteiger charge is -2.31. The van der Waals surface area contributed by atoms with E-state index in [0.29, 0.717) is 11.2 Å². The summed E-state index contributed by atoms with van der Waals surface area (Å²) in [5.74, 6) is 0.546. The summed E-state index contributed by atoms with van der Waals surface area (Å²) in [5.41, 5.74) is 3.02. The second kappa shape index (κ2) is 4.08. The van der Waals surface area contributed by atoms with Gasteiger partial charge in [0.15, 0.2) is 0 Å². The molecule has 2 atom stereocenters. The number of hydrogen-bond donors (Lipinski definition) is 1. The van der Waals surface area contributed by atoms with Gasteiger partial charge < -0.3 is 0 Å². The second-order valence-corrected chi connectivity index (χ2v) is 6.00. The predicted molar refractivity (Wildman–Crippen MR) is 73.4 cm³/mol. The van der Waals surface area contributed by atoms with Crippen LogP contribution in [0.15, 0.2) is 24.3 Å². The van der Waals surface area contributed by atoms with Gasteiger partial charge in [0.1, 0.15) is 0 Å². The average Bonchev–Trinajstić information content (AvgIpc) is 2.43. The first-order chi connectivity index (χ1) is 7.44. The van der Waals surface area contributed by atoms with Crippen LogP contribution in [0.2, 0.25) is 0 Å². The third-order valence-electron chi connectivity index (χ3n) is 4.15. The quantitative estimate of drug-likeness (QED) is 0.732. The molecule has 0 amide bonds. The fourth-order valence-corrected chi connectivity index (χ4v) is 3.07. The first kappa shape index (κ1) is 12.0. The van der Waals surface area contributed by atoms with E-state index < -0.39 is 0 Å². The van der Waals surface area contributed by atoms with Crippen LogP contribution in [0.3, 0.4) is 0 Å². The summed E-state index contributed by atoms with van der Waals surface area (Å²) in [6.07, 6.45) is 0. The molecule has 0 radical (unpaired) electrons. The molecule has 0 saturated carbocycles. The smallest absolute Gasteiger partial charge is 0.0277 e. The van der Waals surface area contributed by atoms with E-state index in [1.807, 2.05) is 0 Å². The van der Waals surface area contributed by atoms with Crippen molar-refractivity contribution in [2.45, 2.75) is 37.5 Å². The number of benzene rings is 1. The molecule has 1 aliphatic rings. The molecule has 0 aliphatic carbocycles. The molecule has 0 spiro atoms. The van der Waals surface area contributed by atoms with Crippen LogP contribution in [0.5, 0.6) is 0 Å². The van der Waals surface area contributed by atoms with Crippen LogP contribution in [0, 0.1) is 6.92 Å². The van der Waals surface area contributed by atoms with Crippen LogP contribution >= 0.6 is 12.6 Å². The number of nitrogens with zero attached hydrogens (tertiary/aromatic N) is 1. The zero-order chi connectivity index (χ0) is 11.9. The lowest BCUT2D eigenvalue weighted by atomic mass is 9.88. The normalized spacial score (nSPS) is 29.6. The summed E-state index contributed by atoms with van der Waals surface area (Å²) in [4.78, 5) is 2.42. The molecule has 1 heterocycles. The van der Waals surface area contributed by atoms with E-state index in [2.05, 4.69) is 57.0 Å². The minimum absolute atomic E-state index is 0.177. The maximum absolute atomic E-state index is 4.84. The Bertz CT molecular complexity index is 386. The van der Waals surface area contributed by atoms with E-state index in [9.17, 15) is 0 Å². The third-order valence-corrected chi connectivity index (χ3v) is 5.14. The minimum Gasteiger partial charge on any atom is -0.299 e. The molecule has 1 aromatic rings. The van der Waals surface area contributed by atoms with Gasteiger partial charge in [-0.1, -0.05) is 24.3 Å². The number of likely N-dealkylation sites (N-methyl/N-ethyl adjacent to an activating group) is 1. The van der Waals surface area contributed by atoms with E-state index in [0.717, 1.165) is 6.54 Å². The second-order valence-electron chi connectivity index (χ2n) is 5.44. The van der Waals surface area contributed by atoms with Gasteiger partial charge in [0.05, 0.1) is 0 Å². The molecule has 0 bridgehead atoms. The zero-order valence-corrected chi connectivity index (χ0v) is 11.5. The average molecular weight is 235 g/mol. The standard InChI is InChI=1S/C14H21NS/c1-10-7-5-6-8-11(10)12-9-15(4)14(2,3)13(12)16/h5-8,12-13,16H,9H2,1-4H3.